The van der Waals surface area contributed by atoms with Crippen molar-refractivity contribution in [3.8, 4) is 11.8 Å². The Morgan fingerprint density at radius 2 is 1.89 bits per heavy atom. The van der Waals surface area contributed by atoms with Gasteiger partial charge in [-0.15, -0.1) is 0 Å². The molecule has 0 saturated heterocycles. The molecule has 0 heterocycles. The molecule has 1 aromatic rings. The van der Waals surface area contributed by atoms with Crippen LogP contribution < -0.4 is 4.74 Å². The number of nitrogens with zero attached hydrogens (tertiary/aromatic N) is 1. The first kappa shape index (κ1) is 13.9. The van der Waals surface area contributed by atoms with E-state index in [1.54, 1.807) is 12.1 Å². The lowest BCUT2D eigenvalue weighted by Gasteiger charge is -2.15. The van der Waals surface area contributed by atoms with Crippen molar-refractivity contribution >= 4 is 0 Å². The summed E-state index contributed by atoms with van der Waals surface area (Å²) in [5.74, 6) is 0.739. The molecule has 0 spiro atoms. The zero-order chi connectivity index (χ0) is 13.3. The van der Waals surface area contributed by atoms with Gasteiger partial charge >= 0.3 is 0 Å². The monoisotopic (exact) mass is 259 g/mol. The highest BCUT2D eigenvalue weighted by molar-refractivity contribution is 5.36. The molecule has 0 aliphatic heterocycles. The van der Waals surface area contributed by atoms with Crippen molar-refractivity contribution in [2.75, 3.05) is 13.2 Å². The first-order chi connectivity index (χ1) is 9.38. The topological polar surface area (TPSA) is 42.2 Å². The van der Waals surface area contributed by atoms with Gasteiger partial charge < -0.3 is 9.47 Å². The minimum absolute atomic E-state index is 0.413. The Morgan fingerprint density at radius 3 is 2.63 bits per heavy atom. The molecule has 19 heavy (non-hydrogen) atoms. The van der Waals surface area contributed by atoms with Crippen LogP contribution in [0.1, 0.15) is 44.1 Å². The van der Waals surface area contributed by atoms with Gasteiger partial charge in [-0.25, -0.2) is 0 Å². The normalized spacial score (nSPS) is 16.6. The third-order valence-corrected chi connectivity index (χ3v) is 3.47. The van der Waals surface area contributed by atoms with Crippen molar-refractivity contribution < 1.29 is 9.47 Å². The molecule has 102 valence electrons. The maximum atomic E-state index is 8.80. The molecule has 2 rings (SSSR count). The second-order valence-electron chi connectivity index (χ2n) is 4.97. The predicted molar refractivity (Wildman–Crippen MR) is 74.1 cm³/mol. The van der Waals surface area contributed by atoms with Crippen LogP contribution in [-0.2, 0) is 4.74 Å². The van der Waals surface area contributed by atoms with Gasteiger partial charge in [0.15, 0.2) is 0 Å². The number of benzene rings is 1. The van der Waals surface area contributed by atoms with Crippen LogP contribution in [0.5, 0.6) is 5.75 Å². The second kappa shape index (κ2) is 7.81. The molecule has 3 nitrogen and oxygen atoms in total. The lowest BCUT2D eigenvalue weighted by atomic mass is 10.1. The van der Waals surface area contributed by atoms with E-state index < -0.39 is 0 Å². The quantitative estimate of drug-likeness (QED) is 0.598. The third-order valence-electron chi connectivity index (χ3n) is 3.47. The molecule has 1 aliphatic rings. The minimum Gasteiger partial charge on any atom is -0.491 e. The summed E-state index contributed by atoms with van der Waals surface area (Å²) in [4.78, 5) is 0. The van der Waals surface area contributed by atoms with Gasteiger partial charge in [0.05, 0.1) is 24.3 Å². The molecular formula is C16H21NO2. The molecule has 3 heteroatoms. The summed E-state index contributed by atoms with van der Waals surface area (Å²) < 4.78 is 11.4. The van der Waals surface area contributed by atoms with E-state index in [2.05, 4.69) is 6.07 Å². The smallest absolute Gasteiger partial charge is 0.120 e. The molecular weight excluding hydrogens is 238 g/mol. The van der Waals surface area contributed by atoms with Crippen LogP contribution in [0.15, 0.2) is 24.3 Å². The summed E-state index contributed by atoms with van der Waals surface area (Å²) in [6.45, 7) is 1.17. The number of hydrogen-bond donors (Lipinski definition) is 0. The molecule has 0 aromatic heterocycles. The van der Waals surface area contributed by atoms with E-state index in [1.165, 1.54) is 38.5 Å². The fourth-order valence-corrected chi connectivity index (χ4v) is 2.44. The summed E-state index contributed by atoms with van der Waals surface area (Å²) in [5.41, 5.74) is 0.627. The third kappa shape index (κ3) is 4.92. The highest BCUT2D eigenvalue weighted by atomic mass is 16.5. The Balaban J connectivity index is 1.67. The van der Waals surface area contributed by atoms with Gasteiger partial charge in [-0.1, -0.05) is 31.7 Å². The molecule has 0 atom stereocenters. The number of hydrogen-bond acceptors (Lipinski definition) is 3. The Hall–Kier alpha value is -1.53. The van der Waals surface area contributed by atoms with Crippen LogP contribution in [0.25, 0.3) is 0 Å². The maximum Gasteiger partial charge on any atom is 0.120 e. The number of ether oxygens (including phenoxy) is 2. The van der Waals surface area contributed by atoms with Gasteiger partial charge in [-0.05, 0) is 31.0 Å². The first-order valence-corrected chi connectivity index (χ1v) is 7.13. The standard InChI is InChI=1S/C16H21NO2/c17-13-14-6-5-9-16(12-14)19-11-10-18-15-7-3-1-2-4-8-15/h5-6,9,12,15H,1-4,7-8,10-11H2. The molecule has 0 bridgehead atoms. The fourth-order valence-electron chi connectivity index (χ4n) is 2.44. The van der Waals surface area contributed by atoms with Gasteiger partial charge in [-0.2, -0.15) is 5.26 Å². The Labute approximate surface area is 115 Å². The van der Waals surface area contributed by atoms with E-state index in [-0.39, 0.29) is 0 Å². The molecule has 0 amide bonds. The predicted octanol–water partition coefficient (Wildman–Crippen LogP) is 3.68. The van der Waals surface area contributed by atoms with Crippen molar-refractivity contribution in [1.29, 1.82) is 5.26 Å². The van der Waals surface area contributed by atoms with Gasteiger partial charge in [0.1, 0.15) is 12.4 Å². The highest BCUT2D eigenvalue weighted by Gasteiger charge is 2.12. The Morgan fingerprint density at radius 1 is 1.11 bits per heavy atom. The Kier molecular flexibility index (Phi) is 5.71. The van der Waals surface area contributed by atoms with Crippen molar-refractivity contribution in [3.05, 3.63) is 29.8 Å². The zero-order valence-corrected chi connectivity index (χ0v) is 11.3. The van der Waals surface area contributed by atoms with Crippen molar-refractivity contribution in [1.82, 2.24) is 0 Å². The molecule has 0 radical (unpaired) electrons. The van der Waals surface area contributed by atoms with Crippen molar-refractivity contribution in [3.63, 3.8) is 0 Å². The van der Waals surface area contributed by atoms with Gasteiger partial charge in [0.25, 0.3) is 0 Å². The van der Waals surface area contributed by atoms with Crippen LogP contribution in [0.2, 0.25) is 0 Å². The SMILES string of the molecule is N#Cc1cccc(OCCOC2CCCCCC2)c1. The van der Waals surface area contributed by atoms with E-state index in [4.69, 9.17) is 14.7 Å². The summed E-state index contributed by atoms with van der Waals surface area (Å²) in [6.07, 6.45) is 8.05. The largest absolute Gasteiger partial charge is 0.491 e. The Bertz CT molecular complexity index is 417. The van der Waals surface area contributed by atoms with E-state index in [0.29, 0.717) is 24.9 Å². The van der Waals surface area contributed by atoms with Crippen LogP contribution in [-0.4, -0.2) is 19.3 Å². The lowest BCUT2D eigenvalue weighted by molar-refractivity contribution is 0.0254. The summed E-state index contributed by atoms with van der Waals surface area (Å²) in [5, 5.41) is 8.80. The first-order valence-electron chi connectivity index (χ1n) is 7.13. The fraction of sp³-hybridized carbons (Fsp3) is 0.562. The maximum absolute atomic E-state index is 8.80. The average molecular weight is 259 g/mol. The van der Waals surface area contributed by atoms with Crippen molar-refractivity contribution in [2.24, 2.45) is 0 Å². The molecule has 0 N–H and O–H groups in total. The summed E-state index contributed by atoms with van der Waals surface area (Å²) in [6, 6.07) is 9.33. The minimum atomic E-state index is 0.413. The average Bonchev–Trinajstić information content (AvgIpc) is 2.72. The molecule has 1 aromatic carbocycles. The molecule has 1 saturated carbocycles. The second-order valence-corrected chi connectivity index (χ2v) is 4.97. The molecule has 0 unspecified atom stereocenters. The van der Waals surface area contributed by atoms with Crippen LogP contribution in [0.4, 0.5) is 0 Å². The summed E-state index contributed by atoms with van der Waals surface area (Å²) >= 11 is 0. The lowest BCUT2D eigenvalue weighted by Crippen LogP contribution is -2.16. The van der Waals surface area contributed by atoms with Crippen molar-refractivity contribution in [2.45, 2.75) is 44.6 Å². The van der Waals surface area contributed by atoms with E-state index >= 15 is 0 Å². The van der Waals surface area contributed by atoms with E-state index in [0.717, 1.165) is 5.75 Å². The number of rotatable bonds is 5. The molecule has 1 fully saturated rings. The van der Waals surface area contributed by atoms with Crippen LogP contribution in [0.3, 0.4) is 0 Å². The zero-order valence-electron chi connectivity index (χ0n) is 11.3. The van der Waals surface area contributed by atoms with Gasteiger partial charge in [-0.3, -0.25) is 0 Å². The summed E-state index contributed by atoms with van der Waals surface area (Å²) in [7, 11) is 0. The number of nitriles is 1. The van der Waals surface area contributed by atoms with Gasteiger partial charge in [0.2, 0.25) is 0 Å². The van der Waals surface area contributed by atoms with Crippen LogP contribution in [0, 0.1) is 11.3 Å². The van der Waals surface area contributed by atoms with Crippen LogP contribution >= 0.6 is 0 Å². The highest BCUT2D eigenvalue weighted by Crippen LogP contribution is 2.19. The molecule has 1 aliphatic carbocycles. The van der Waals surface area contributed by atoms with Gasteiger partial charge in [0, 0.05) is 0 Å². The van der Waals surface area contributed by atoms with E-state index in [1.807, 2.05) is 12.1 Å². The van der Waals surface area contributed by atoms with E-state index in [9.17, 15) is 0 Å².